The number of benzene rings is 2. The van der Waals surface area contributed by atoms with Gasteiger partial charge in [0, 0.05) is 60.8 Å². The summed E-state index contributed by atoms with van der Waals surface area (Å²) in [6, 6.07) is 11.0. The SMILES string of the molecule is CCOc1ccc2c(C(=O)N3CCN(Cc4c(F)cccc4Cl)CC3)cc(=O)oc2c1. The molecule has 2 heterocycles. The zero-order valence-electron chi connectivity index (χ0n) is 17.1. The number of hydrogen-bond donors (Lipinski definition) is 0. The Morgan fingerprint density at radius 3 is 2.65 bits per heavy atom. The lowest BCUT2D eigenvalue weighted by atomic mass is 10.1. The van der Waals surface area contributed by atoms with Crippen molar-refractivity contribution in [2.45, 2.75) is 13.5 Å². The number of halogens is 2. The third-order valence-electron chi connectivity index (χ3n) is 5.36. The van der Waals surface area contributed by atoms with Crippen molar-refractivity contribution in [3.8, 4) is 5.75 Å². The highest BCUT2D eigenvalue weighted by atomic mass is 35.5. The first kappa shape index (κ1) is 21.3. The van der Waals surface area contributed by atoms with Crippen LogP contribution in [0.3, 0.4) is 0 Å². The van der Waals surface area contributed by atoms with E-state index in [9.17, 15) is 14.0 Å². The molecule has 31 heavy (non-hydrogen) atoms. The highest BCUT2D eigenvalue weighted by molar-refractivity contribution is 6.31. The summed E-state index contributed by atoms with van der Waals surface area (Å²) in [4.78, 5) is 29.0. The topological polar surface area (TPSA) is 63.0 Å². The average Bonchev–Trinajstić information content (AvgIpc) is 2.76. The third kappa shape index (κ3) is 4.57. The van der Waals surface area contributed by atoms with E-state index in [1.165, 1.54) is 12.1 Å². The Labute approximate surface area is 183 Å². The summed E-state index contributed by atoms with van der Waals surface area (Å²) in [6.07, 6.45) is 0. The Balaban J connectivity index is 1.50. The molecule has 0 unspecified atom stereocenters. The van der Waals surface area contributed by atoms with E-state index in [1.807, 2.05) is 6.92 Å². The zero-order valence-corrected chi connectivity index (χ0v) is 17.8. The van der Waals surface area contributed by atoms with Gasteiger partial charge in [-0.05, 0) is 31.2 Å². The summed E-state index contributed by atoms with van der Waals surface area (Å²) < 4.78 is 24.8. The van der Waals surface area contributed by atoms with Gasteiger partial charge < -0.3 is 14.1 Å². The molecule has 1 aliphatic rings. The smallest absolute Gasteiger partial charge is 0.337 e. The lowest BCUT2D eigenvalue weighted by molar-refractivity contribution is 0.0628. The largest absolute Gasteiger partial charge is 0.494 e. The van der Waals surface area contributed by atoms with Gasteiger partial charge in [-0.25, -0.2) is 9.18 Å². The number of piperazine rings is 1. The maximum Gasteiger partial charge on any atom is 0.337 e. The van der Waals surface area contributed by atoms with E-state index in [4.69, 9.17) is 20.8 Å². The fraction of sp³-hybridized carbons (Fsp3) is 0.304. The third-order valence-corrected chi connectivity index (χ3v) is 5.71. The molecule has 0 aliphatic carbocycles. The minimum Gasteiger partial charge on any atom is -0.494 e. The van der Waals surface area contributed by atoms with Crippen molar-refractivity contribution < 1.29 is 18.3 Å². The number of ether oxygens (including phenoxy) is 1. The van der Waals surface area contributed by atoms with E-state index in [2.05, 4.69) is 4.90 Å². The molecule has 1 saturated heterocycles. The van der Waals surface area contributed by atoms with E-state index < -0.39 is 5.63 Å². The number of carbonyl (C=O) groups is 1. The number of nitrogens with zero attached hydrogens (tertiary/aromatic N) is 2. The van der Waals surface area contributed by atoms with Crippen LogP contribution >= 0.6 is 11.6 Å². The van der Waals surface area contributed by atoms with Gasteiger partial charge in [-0.1, -0.05) is 17.7 Å². The quantitative estimate of drug-likeness (QED) is 0.558. The Morgan fingerprint density at radius 2 is 1.94 bits per heavy atom. The number of amides is 1. The highest BCUT2D eigenvalue weighted by Gasteiger charge is 2.25. The molecule has 3 aromatic rings. The molecule has 0 atom stereocenters. The fourth-order valence-electron chi connectivity index (χ4n) is 3.76. The summed E-state index contributed by atoms with van der Waals surface area (Å²) in [6.45, 7) is 4.80. The summed E-state index contributed by atoms with van der Waals surface area (Å²) in [5.41, 5.74) is 0.493. The number of hydrogen-bond acceptors (Lipinski definition) is 5. The van der Waals surface area contributed by atoms with Crippen molar-refractivity contribution in [3.05, 3.63) is 74.9 Å². The Bertz CT molecular complexity index is 1150. The molecule has 6 nitrogen and oxygen atoms in total. The summed E-state index contributed by atoms with van der Waals surface area (Å²) >= 11 is 6.13. The van der Waals surface area contributed by atoms with E-state index in [1.54, 1.807) is 35.2 Å². The van der Waals surface area contributed by atoms with Crippen LogP contribution in [0.2, 0.25) is 5.02 Å². The van der Waals surface area contributed by atoms with Crippen molar-refractivity contribution in [2.24, 2.45) is 0 Å². The minimum absolute atomic E-state index is 0.231. The van der Waals surface area contributed by atoms with Crippen molar-refractivity contribution in [1.29, 1.82) is 0 Å². The number of rotatable bonds is 5. The monoisotopic (exact) mass is 444 g/mol. The van der Waals surface area contributed by atoms with Crippen LogP contribution in [0, 0.1) is 5.82 Å². The first-order valence-electron chi connectivity index (χ1n) is 10.1. The lowest BCUT2D eigenvalue weighted by Crippen LogP contribution is -2.48. The van der Waals surface area contributed by atoms with Gasteiger partial charge in [0.15, 0.2) is 0 Å². The van der Waals surface area contributed by atoms with Crippen LogP contribution in [0.15, 0.2) is 51.7 Å². The van der Waals surface area contributed by atoms with Gasteiger partial charge in [0.25, 0.3) is 5.91 Å². The van der Waals surface area contributed by atoms with Crippen molar-refractivity contribution >= 4 is 28.5 Å². The molecule has 0 radical (unpaired) electrons. The second-order valence-electron chi connectivity index (χ2n) is 7.34. The van der Waals surface area contributed by atoms with E-state index in [-0.39, 0.29) is 11.7 Å². The van der Waals surface area contributed by atoms with Crippen LogP contribution in [0.1, 0.15) is 22.8 Å². The second kappa shape index (κ2) is 9.08. The molecule has 1 aliphatic heterocycles. The summed E-state index contributed by atoms with van der Waals surface area (Å²) in [7, 11) is 0. The molecule has 0 saturated carbocycles. The van der Waals surface area contributed by atoms with Gasteiger partial charge in [0.2, 0.25) is 0 Å². The van der Waals surface area contributed by atoms with Crippen molar-refractivity contribution in [3.63, 3.8) is 0 Å². The van der Waals surface area contributed by atoms with Crippen molar-refractivity contribution in [2.75, 3.05) is 32.8 Å². The highest BCUT2D eigenvalue weighted by Crippen LogP contribution is 2.25. The van der Waals surface area contributed by atoms with Crippen LogP contribution in [-0.4, -0.2) is 48.5 Å². The van der Waals surface area contributed by atoms with E-state index >= 15 is 0 Å². The molecule has 8 heteroatoms. The molecule has 1 amide bonds. The fourth-order valence-corrected chi connectivity index (χ4v) is 3.99. The molecule has 1 aromatic heterocycles. The standard InChI is InChI=1S/C23H22ClFN2O4/c1-2-30-15-6-7-16-17(13-22(28)31-21(16)12-15)23(29)27-10-8-26(9-11-27)14-18-19(24)4-3-5-20(18)25/h3-7,12-13H,2,8-11,14H2,1H3. The van der Waals surface area contributed by atoms with Crippen molar-refractivity contribution in [1.82, 2.24) is 9.80 Å². The molecule has 2 aromatic carbocycles. The van der Waals surface area contributed by atoms with E-state index in [0.717, 1.165) is 0 Å². The van der Waals surface area contributed by atoms with Gasteiger partial charge in [-0.15, -0.1) is 0 Å². The Morgan fingerprint density at radius 1 is 1.16 bits per heavy atom. The molecule has 4 rings (SSSR count). The number of carbonyl (C=O) groups excluding carboxylic acids is 1. The van der Waals surface area contributed by atoms with E-state index in [0.29, 0.717) is 72.2 Å². The summed E-state index contributed by atoms with van der Waals surface area (Å²) in [5.74, 6) is 0.00807. The van der Waals surface area contributed by atoms with Crippen LogP contribution in [-0.2, 0) is 6.54 Å². The molecular formula is C23H22ClFN2O4. The molecule has 162 valence electrons. The summed E-state index contributed by atoms with van der Waals surface area (Å²) in [5, 5.41) is 0.959. The molecular weight excluding hydrogens is 423 g/mol. The van der Waals surface area contributed by atoms with Crippen LogP contribution in [0.25, 0.3) is 11.0 Å². The van der Waals surface area contributed by atoms with Crippen LogP contribution in [0.5, 0.6) is 5.75 Å². The Kier molecular flexibility index (Phi) is 6.25. The molecule has 1 fully saturated rings. The first-order chi connectivity index (χ1) is 15.0. The number of fused-ring (bicyclic) bond motifs is 1. The van der Waals surface area contributed by atoms with Gasteiger partial charge in [-0.2, -0.15) is 0 Å². The normalized spacial score (nSPS) is 14.7. The lowest BCUT2D eigenvalue weighted by Gasteiger charge is -2.35. The van der Waals surface area contributed by atoms with Gasteiger partial charge in [0.05, 0.1) is 12.2 Å². The van der Waals surface area contributed by atoms with Gasteiger partial charge >= 0.3 is 5.63 Å². The maximum absolute atomic E-state index is 14.1. The molecule has 0 bridgehead atoms. The van der Waals surface area contributed by atoms with Crippen LogP contribution < -0.4 is 10.4 Å². The van der Waals surface area contributed by atoms with Gasteiger partial charge in [-0.3, -0.25) is 9.69 Å². The van der Waals surface area contributed by atoms with Crippen LogP contribution in [0.4, 0.5) is 4.39 Å². The average molecular weight is 445 g/mol. The predicted molar refractivity (Wildman–Crippen MR) is 116 cm³/mol. The molecule has 0 N–H and O–H groups in total. The maximum atomic E-state index is 14.1. The predicted octanol–water partition coefficient (Wildman–Crippen LogP) is 3.94. The molecule has 0 spiro atoms. The zero-order chi connectivity index (χ0) is 22.0. The second-order valence-corrected chi connectivity index (χ2v) is 7.75. The minimum atomic E-state index is -0.586. The van der Waals surface area contributed by atoms with Gasteiger partial charge in [0.1, 0.15) is 17.1 Å². The Hall–Kier alpha value is -2.90. The first-order valence-corrected chi connectivity index (χ1v) is 10.5.